The van der Waals surface area contributed by atoms with Crippen LogP contribution in [-0.2, 0) is 4.79 Å². The van der Waals surface area contributed by atoms with E-state index in [1.165, 1.54) is 20.1 Å². The zero-order chi connectivity index (χ0) is 11.4. The third-order valence-corrected chi connectivity index (χ3v) is 1.93. The fourth-order valence-corrected chi connectivity index (χ4v) is 1.09. The molecule has 1 atom stereocenters. The van der Waals surface area contributed by atoms with Crippen molar-refractivity contribution in [1.82, 2.24) is 0 Å². The molecule has 0 saturated carbocycles. The van der Waals surface area contributed by atoms with E-state index >= 15 is 0 Å². The average Bonchev–Trinajstić information content (AvgIpc) is 2.18. The van der Waals surface area contributed by atoms with Crippen molar-refractivity contribution in [3.05, 3.63) is 18.2 Å². The lowest BCUT2D eigenvalue weighted by molar-refractivity contribution is -0.137. The van der Waals surface area contributed by atoms with Gasteiger partial charge in [0.2, 0.25) is 0 Å². The third-order valence-electron chi connectivity index (χ3n) is 1.93. The number of aromatic hydroxyl groups is 1. The van der Waals surface area contributed by atoms with Gasteiger partial charge in [0.15, 0.2) is 11.5 Å². The molecule has 5 nitrogen and oxygen atoms in total. The van der Waals surface area contributed by atoms with Gasteiger partial charge >= 0.3 is 5.97 Å². The first-order chi connectivity index (χ1) is 7.04. The van der Waals surface area contributed by atoms with Crippen LogP contribution in [0.2, 0.25) is 0 Å². The van der Waals surface area contributed by atoms with Crippen LogP contribution in [0.3, 0.4) is 0 Å². The van der Waals surface area contributed by atoms with Gasteiger partial charge in [-0.1, -0.05) is 0 Å². The standard InChI is InChI=1S/C10H13NO4/c1-6(10(13)14)11-7-3-4-9(15-2)8(12)5-7/h3-6,11-12H,1-2H3,(H,13,14). The summed E-state index contributed by atoms with van der Waals surface area (Å²) in [6.07, 6.45) is 0. The highest BCUT2D eigenvalue weighted by Crippen LogP contribution is 2.28. The molecule has 0 heterocycles. The van der Waals surface area contributed by atoms with Gasteiger partial charge < -0.3 is 20.3 Å². The summed E-state index contributed by atoms with van der Waals surface area (Å²) in [6.45, 7) is 1.52. The van der Waals surface area contributed by atoms with E-state index in [-0.39, 0.29) is 5.75 Å². The van der Waals surface area contributed by atoms with Crippen LogP contribution in [0.5, 0.6) is 11.5 Å². The largest absolute Gasteiger partial charge is 0.504 e. The number of phenolic OH excluding ortho intramolecular Hbond substituents is 1. The normalized spacial score (nSPS) is 11.9. The molecule has 3 N–H and O–H groups in total. The summed E-state index contributed by atoms with van der Waals surface area (Å²) in [7, 11) is 1.45. The molecule has 1 aromatic rings. The van der Waals surface area contributed by atoms with Gasteiger partial charge in [0.1, 0.15) is 6.04 Å². The predicted octanol–water partition coefficient (Wildman–Crippen LogP) is 1.29. The Labute approximate surface area is 87.3 Å². The Morgan fingerprint density at radius 3 is 2.67 bits per heavy atom. The number of nitrogens with one attached hydrogen (secondary N) is 1. The van der Waals surface area contributed by atoms with Crippen molar-refractivity contribution in [2.45, 2.75) is 13.0 Å². The van der Waals surface area contributed by atoms with Gasteiger partial charge in [-0.25, -0.2) is 0 Å². The van der Waals surface area contributed by atoms with E-state index < -0.39 is 12.0 Å². The number of ether oxygens (including phenoxy) is 1. The van der Waals surface area contributed by atoms with Gasteiger partial charge in [-0.15, -0.1) is 0 Å². The van der Waals surface area contributed by atoms with E-state index in [1.807, 2.05) is 0 Å². The molecule has 0 aliphatic heterocycles. The Balaban J connectivity index is 2.79. The first-order valence-corrected chi connectivity index (χ1v) is 4.41. The molecule has 82 valence electrons. The number of carboxylic acids is 1. The quantitative estimate of drug-likeness (QED) is 0.699. The minimum Gasteiger partial charge on any atom is -0.504 e. The molecule has 0 spiro atoms. The molecular weight excluding hydrogens is 198 g/mol. The topological polar surface area (TPSA) is 78.8 Å². The third kappa shape index (κ3) is 2.77. The number of benzene rings is 1. The molecule has 1 aromatic carbocycles. The molecule has 5 heteroatoms. The van der Waals surface area contributed by atoms with Crippen molar-refractivity contribution < 1.29 is 19.7 Å². The smallest absolute Gasteiger partial charge is 0.325 e. The number of hydrogen-bond acceptors (Lipinski definition) is 4. The fraction of sp³-hybridized carbons (Fsp3) is 0.300. The summed E-state index contributed by atoms with van der Waals surface area (Å²) in [4.78, 5) is 10.6. The van der Waals surface area contributed by atoms with Crippen LogP contribution in [0.15, 0.2) is 18.2 Å². The number of anilines is 1. The first-order valence-electron chi connectivity index (χ1n) is 4.41. The molecule has 0 bridgehead atoms. The number of phenols is 1. The molecule has 0 fully saturated rings. The van der Waals surface area contributed by atoms with E-state index in [0.717, 1.165) is 0 Å². The van der Waals surface area contributed by atoms with Crippen LogP contribution in [0.4, 0.5) is 5.69 Å². The van der Waals surface area contributed by atoms with Gasteiger partial charge in [0, 0.05) is 11.8 Å². The molecular formula is C10H13NO4. The second kappa shape index (κ2) is 4.54. The molecule has 1 unspecified atom stereocenters. The second-order valence-electron chi connectivity index (χ2n) is 3.09. The van der Waals surface area contributed by atoms with Crippen LogP contribution < -0.4 is 10.1 Å². The fourth-order valence-electron chi connectivity index (χ4n) is 1.09. The van der Waals surface area contributed by atoms with Crippen molar-refractivity contribution in [3.63, 3.8) is 0 Å². The van der Waals surface area contributed by atoms with E-state index in [2.05, 4.69) is 5.32 Å². The Hall–Kier alpha value is -1.91. The Morgan fingerprint density at radius 1 is 1.53 bits per heavy atom. The van der Waals surface area contributed by atoms with Crippen LogP contribution in [0, 0.1) is 0 Å². The van der Waals surface area contributed by atoms with Gasteiger partial charge in [-0.3, -0.25) is 4.79 Å². The van der Waals surface area contributed by atoms with Crippen molar-refractivity contribution >= 4 is 11.7 Å². The predicted molar refractivity (Wildman–Crippen MR) is 55.4 cm³/mol. The van der Waals surface area contributed by atoms with E-state index in [0.29, 0.717) is 11.4 Å². The SMILES string of the molecule is COc1ccc(NC(C)C(=O)O)cc1O. The number of carbonyl (C=O) groups is 1. The molecule has 0 aromatic heterocycles. The lowest BCUT2D eigenvalue weighted by Crippen LogP contribution is -2.25. The first kappa shape index (κ1) is 11.2. The summed E-state index contributed by atoms with van der Waals surface area (Å²) < 4.78 is 4.86. The van der Waals surface area contributed by atoms with Gasteiger partial charge in [0.25, 0.3) is 0 Å². The lowest BCUT2D eigenvalue weighted by Gasteiger charge is -2.11. The van der Waals surface area contributed by atoms with Crippen LogP contribution in [-0.4, -0.2) is 29.3 Å². The average molecular weight is 211 g/mol. The van der Waals surface area contributed by atoms with Gasteiger partial charge in [-0.05, 0) is 19.1 Å². The molecule has 0 aliphatic rings. The summed E-state index contributed by atoms with van der Waals surface area (Å²) in [5.74, 6) is -0.631. The number of methoxy groups -OCH3 is 1. The minimum absolute atomic E-state index is 0.0277. The van der Waals surface area contributed by atoms with Crippen molar-refractivity contribution in [2.75, 3.05) is 12.4 Å². The highest BCUT2D eigenvalue weighted by Gasteiger charge is 2.11. The van der Waals surface area contributed by atoms with E-state index in [1.54, 1.807) is 12.1 Å². The van der Waals surface area contributed by atoms with Crippen LogP contribution in [0.1, 0.15) is 6.92 Å². The highest BCUT2D eigenvalue weighted by molar-refractivity contribution is 5.77. The molecule has 0 aliphatic carbocycles. The van der Waals surface area contributed by atoms with Crippen LogP contribution >= 0.6 is 0 Å². The van der Waals surface area contributed by atoms with Crippen molar-refractivity contribution in [1.29, 1.82) is 0 Å². The minimum atomic E-state index is -0.953. The van der Waals surface area contributed by atoms with Crippen molar-refractivity contribution in [3.8, 4) is 11.5 Å². The van der Waals surface area contributed by atoms with Gasteiger partial charge in [-0.2, -0.15) is 0 Å². The van der Waals surface area contributed by atoms with Gasteiger partial charge in [0.05, 0.1) is 7.11 Å². The summed E-state index contributed by atoms with van der Waals surface area (Å²) >= 11 is 0. The summed E-state index contributed by atoms with van der Waals surface area (Å²) in [5, 5.41) is 20.8. The Bertz CT molecular complexity index is 364. The monoisotopic (exact) mass is 211 g/mol. The maximum absolute atomic E-state index is 10.6. The second-order valence-corrected chi connectivity index (χ2v) is 3.09. The zero-order valence-corrected chi connectivity index (χ0v) is 8.52. The molecule has 0 saturated heterocycles. The molecule has 0 amide bonds. The molecule has 1 rings (SSSR count). The number of rotatable bonds is 4. The Kier molecular flexibility index (Phi) is 3.38. The molecule has 0 radical (unpaired) electrons. The Morgan fingerprint density at radius 2 is 2.20 bits per heavy atom. The highest BCUT2D eigenvalue weighted by atomic mass is 16.5. The van der Waals surface area contributed by atoms with Crippen LogP contribution in [0.25, 0.3) is 0 Å². The maximum Gasteiger partial charge on any atom is 0.325 e. The summed E-state index contributed by atoms with van der Waals surface area (Å²) in [5.41, 5.74) is 0.531. The lowest BCUT2D eigenvalue weighted by atomic mass is 10.2. The van der Waals surface area contributed by atoms with E-state index in [9.17, 15) is 9.90 Å². The zero-order valence-electron chi connectivity index (χ0n) is 8.52. The number of aliphatic carboxylic acids is 1. The van der Waals surface area contributed by atoms with E-state index in [4.69, 9.17) is 9.84 Å². The summed E-state index contributed by atoms with van der Waals surface area (Å²) in [6, 6.07) is 3.90. The number of hydrogen-bond donors (Lipinski definition) is 3. The van der Waals surface area contributed by atoms with Crippen molar-refractivity contribution in [2.24, 2.45) is 0 Å². The molecule has 15 heavy (non-hydrogen) atoms. The number of carboxylic acid groups (broad SMARTS) is 1. The maximum atomic E-state index is 10.6.